The van der Waals surface area contributed by atoms with Gasteiger partial charge in [-0.25, -0.2) is 13.1 Å². The summed E-state index contributed by atoms with van der Waals surface area (Å²) >= 11 is 0. The highest BCUT2D eigenvalue weighted by Gasteiger charge is 2.36. The van der Waals surface area contributed by atoms with Crippen LogP contribution >= 0.6 is 0 Å². The van der Waals surface area contributed by atoms with Gasteiger partial charge in [0.1, 0.15) is 0 Å². The van der Waals surface area contributed by atoms with E-state index >= 15 is 0 Å². The first-order valence-electron chi connectivity index (χ1n) is 7.98. The van der Waals surface area contributed by atoms with Crippen LogP contribution in [0, 0.1) is 0 Å². The lowest BCUT2D eigenvalue weighted by Crippen LogP contribution is -2.53. The summed E-state index contributed by atoms with van der Waals surface area (Å²) in [4.78, 5) is 23.3. The van der Waals surface area contributed by atoms with Gasteiger partial charge in [0.05, 0.1) is 16.9 Å². The Morgan fingerprint density at radius 3 is 2.40 bits per heavy atom. The number of carbonyl (C=O) groups is 2. The largest absolute Gasteiger partial charge is 0.481 e. The molecule has 1 aliphatic rings. The van der Waals surface area contributed by atoms with E-state index in [9.17, 15) is 18.0 Å². The minimum absolute atomic E-state index is 0.0668. The van der Waals surface area contributed by atoms with Crippen molar-refractivity contribution in [1.29, 1.82) is 0 Å². The molecule has 1 saturated heterocycles. The number of sulfonamides is 1. The predicted octanol–water partition coefficient (Wildman–Crippen LogP) is 0.495. The third-order valence-electron chi connectivity index (χ3n) is 4.04. The molecule has 0 bridgehead atoms. The molecule has 1 amide bonds. The van der Waals surface area contributed by atoms with E-state index in [1.54, 1.807) is 18.2 Å². The molecule has 1 aliphatic heterocycles. The second-order valence-corrected chi connectivity index (χ2v) is 7.74. The van der Waals surface area contributed by atoms with Crippen molar-refractivity contribution < 1.29 is 27.9 Å². The van der Waals surface area contributed by atoms with Crippen LogP contribution in [0.1, 0.15) is 25.7 Å². The number of hydrogen-bond acceptors (Lipinski definition) is 5. The lowest BCUT2D eigenvalue weighted by atomic mass is 9.86. The molecule has 1 heterocycles. The standard InChI is InChI=1S/C16H22N2O6S/c19-14(18-16(12-15(20)21)7-10-24-11-8-16)6-9-17-25(22,23)13-4-2-1-3-5-13/h1-5,17H,6-12H2,(H,18,19)(H,20,21). The summed E-state index contributed by atoms with van der Waals surface area (Å²) in [5, 5.41) is 11.8. The Morgan fingerprint density at radius 1 is 1.16 bits per heavy atom. The fraction of sp³-hybridized carbons (Fsp3) is 0.500. The van der Waals surface area contributed by atoms with Crippen molar-refractivity contribution in [1.82, 2.24) is 10.0 Å². The first-order chi connectivity index (χ1) is 11.8. The van der Waals surface area contributed by atoms with Gasteiger partial charge in [-0.1, -0.05) is 18.2 Å². The van der Waals surface area contributed by atoms with Crippen molar-refractivity contribution in [2.24, 2.45) is 0 Å². The summed E-state index contributed by atoms with van der Waals surface area (Å²) < 4.78 is 31.7. The predicted molar refractivity (Wildman–Crippen MR) is 89.4 cm³/mol. The van der Waals surface area contributed by atoms with Gasteiger partial charge in [0.25, 0.3) is 0 Å². The van der Waals surface area contributed by atoms with Gasteiger partial charge in [0.2, 0.25) is 15.9 Å². The Bertz CT molecular complexity index is 699. The first kappa shape index (κ1) is 19.4. The summed E-state index contributed by atoms with van der Waals surface area (Å²) in [6.07, 6.45) is 0.577. The summed E-state index contributed by atoms with van der Waals surface area (Å²) in [5.41, 5.74) is -0.834. The minimum atomic E-state index is -3.67. The molecule has 0 spiro atoms. The lowest BCUT2D eigenvalue weighted by Gasteiger charge is -2.36. The van der Waals surface area contributed by atoms with Gasteiger partial charge < -0.3 is 15.2 Å². The minimum Gasteiger partial charge on any atom is -0.481 e. The second kappa shape index (κ2) is 8.41. The van der Waals surface area contributed by atoms with Crippen LogP contribution in [0.3, 0.4) is 0 Å². The number of carboxylic acids is 1. The summed E-state index contributed by atoms with van der Waals surface area (Å²) in [6, 6.07) is 7.87. The molecule has 0 unspecified atom stereocenters. The molecule has 0 aromatic heterocycles. The fourth-order valence-electron chi connectivity index (χ4n) is 2.74. The molecule has 0 radical (unpaired) electrons. The van der Waals surface area contributed by atoms with Crippen molar-refractivity contribution in [2.45, 2.75) is 36.1 Å². The van der Waals surface area contributed by atoms with E-state index < -0.39 is 21.5 Å². The van der Waals surface area contributed by atoms with Crippen molar-refractivity contribution in [3.05, 3.63) is 30.3 Å². The molecule has 1 aromatic rings. The van der Waals surface area contributed by atoms with E-state index in [1.807, 2.05) is 0 Å². The average Bonchev–Trinajstić information content (AvgIpc) is 2.55. The number of carboxylic acid groups (broad SMARTS) is 1. The van der Waals surface area contributed by atoms with Crippen molar-refractivity contribution in [3.8, 4) is 0 Å². The normalized spacial score (nSPS) is 17.0. The highest BCUT2D eigenvalue weighted by Crippen LogP contribution is 2.24. The van der Waals surface area contributed by atoms with Crippen LogP contribution in [-0.2, 0) is 24.3 Å². The van der Waals surface area contributed by atoms with Crippen LogP contribution in [0.5, 0.6) is 0 Å². The molecule has 1 fully saturated rings. The molecule has 3 N–H and O–H groups in total. The number of hydrogen-bond donors (Lipinski definition) is 3. The van der Waals surface area contributed by atoms with Crippen LogP contribution in [0.4, 0.5) is 0 Å². The Labute approximate surface area is 146 Å². The summed E-state index contributed by atoms with van der Waals surface area (Å²) in [6.45, 7) is 0.700. The number of ether oxygens (including phenoxy) is 1. The zero-order valence-electron chi connectivity index (χ0n) is 13.7. The number of aliphatic carboxylic acids is 1. The van der Waals surface area contributed by atoms with E-state index in [4.69, 9.17) is 9.84 Å². The molecule has 0 saturated carbocycles. The lowest BCUT2D eigenvalue weighted by molar-refractivity contribution is -0.140. The smallest absolute Gasteiger partial charge is 0.305 e. The molecule has 1 aromatic carbocycles. The fourth-order valence-corrected chi connectivity index (χ4v) is 3.79. The van der Waals surface area contributed by atoms with Gasteiger partial charge >= 0.3 is 5.97 Å². The molecule has 25 heavy (non-hydrogen) atoms. The van der Waals surface area contributed by atoms with E-state index in [1.165, 1.54) is 12.1 Å². The van der Waals surface area contributed by atoms with Crippen LogP contribution in [0.15, 0.2) is 35.2 Å². The number of amides is 1. The summed E-state index contributed by atoms with van der Waals surface area (Å²) in [5.74, 6) is -1.38. The maximum atomic E-state index is 12.1. The van der Waals surface area contributed by atoms with Gasteiger partial charge in [0.15, 0.2) is 0 Å². The molecule has 138 valence electrons. The van der Waals surface area contributed by atoms with Crippen LogP contribution in [0.25, 0.3) is 0 Å². The average molecular weight is 370 g/mol. The Kier molecular flexibility index (Phi) is 6.51. The zero-order chi connectivity index (χ0) is 18.3. The van der Waals surface area contributed by atoms with Crippen molar-refractivity contribution in [3.63, 3.8) is 0 Å². The SMILES string of the molecule is O=C(O)CC1(NC(=O)CCNS(=O)(=O)c2ccccc2)CCOCC1. The van der Waals surface area contributed by atoms with Gasteiger partial charge in [-0.15, -0.1) is 0 Å². The van der Waals surface area contributed by atoms with E-state index in [2.05, 4.69) is 10.0 Å². The number of benzene rings is 1. The molecule has 0 atom stereocenters. The van der Waals surface area contributed by atoms with E-state index in [0.29, 0.717) is 26.1 Å². The molecular weight excluding hydrogens is 348 g/mol. The maximum absolute atomic E-state index is 12.1. The molecule has 8 nitrogen and oxygen atoms in total. The van der Waals surface area contributed by atoms with Gasteiger partial charge in [-0.05, 0) is 25.0 Å². The van der Waals surface area contributed by atoms with Crippen LogP contribution in [0.2, 0.25) is 0 Å². The van der Waals surface area contributed by atoms with Crippen LogP contribution < -0.4 is 10.0 Å². The van der Waals surface area contributed by atoms with E-state index in [0.717, 1.165) is 0 Å². The Morgan fingerprint density at radius 2 is 1.80 bits per heavy atom. The maximum Gasteiger partial charge on any atom is 0.305 e. The van der Waals surface area contributed by atoms with Crippen molar-refractivity contribution in [2.75, 3.05) is 19.8 Å². The molecular formula is C16H22N2O6S. The Balaban J connectivity index is 1.88. The van der Waals surface area contributed by atoms with Crippen LogP contribution in [-0.4, -0.2) is 50.7 Å². The highest BCUT2D eigenvalue weighted by molar-refractivity contribution is 7.89. The first-order valence-corrected chi connectivity index (χ1v) is 9.47. The number of carbonyl (C=O) groups excluding carboxylic acids is 1. The third kappa shape index (κ3) is 5.80. The van der Waals surface area contributed by atoms with Crippen molar-refractivity contribution >= 4 is 21.9 Å². The molecule has 9 heteroatoms. The van der Waals surface area contributed by atoms with Gasteiger partial charge in [0, 0.05) is 26.2 Å². The number of nitrogens with one attached hydrogen (secondary N) is 2. The quantitative estimate of drug-likeness (QED) is 0.612. The van der Waals surface area contributed by atoms with Gasteiger partial charge in [-0.3, -0.25) is 9.59 Å². The van der Waals surface area contributed by atoms with E-state index in [-0.39, 0.29) is 30.2 Å². The zero-order valence-corrected chi connectivity index (χ0v) is 14.5. The third-order valence-corrected chi connectivity index (χ3v) is 5.52. The molecule has 0 aliphatic carbocycles. The highest BCUT2D eigenvalue weighted by atomic mass is 32.2. The number of rotatable bonds is 8. The topological polar surface area (TPSA) is 122 Å². The summed E-state index contributed by atoms with van der Waals surface area (Å²) in [7, 11) is -3.67. The second-order valence-electron chi connectivity index (χ2n) is 5.97. The van der Waals surface area contributed by atoms with Gasteiger partial charge in [-0.2, -0.15) is 0 Å². The monoisotopic (exact) mass is 370 g/mol. The molecule has 2 rings (SSSR count). The Hall–Kier alpha value is -1.97.